The summed E-state index contributed by atoms with van der Waals surface area (Å²) in [6.07, 6.45) is 0.396. The van der Waals surface area contributed by atoms with E-state index in [1.54, 1.807) is 6.92 Å². The Balaban J connectivity index is 2.69. The van der Waals surface area contributed by atoms with Gasteiger partial charge in [-0.15, -0.1) is 0 Å². The molecule has 0 radical (unpaired) electrons. The average molecular weight is 258 g/mol. The molecule has 1 amide bonds. The van der Waals surface area contributed by atoms with Crippen molar-refractivity contribution in [2.24, 2.45) is 17.1 Å². The summed E-state index contributed by atoms with van der Waals surface area (Å²) in [7, 11) is 0. The fourth-order valence-corrected chi connectivity index (χ4v) is 1.94. The lowest BCUT2D eigenvalue weighted by Gasteiger charge is -2.27. The van der Waals surface area contributed by atoms with E-state index in [0.29, 0.717) is 13.0 Å². The smallest absolute Gasteiger partial charge is 0.326 e. The minimum Gasteiger partial charge on any atom is -0.480 e. The molecule has 1 aliphatic heterocycles. The number of ether oxygens (including phenoxy) is 1. The predicted molar refractivity (Wildman–Crippen MR) is 65.9 cm³/mol. The Labute approximate surface area is 107 Å². The Morgan fingerprint density at radius 3 is 2.56 bits per heavy atom. The third-order valence-corrected chi connectivity index (χ3v) is 3.35. The number of amides is 1. The molecule has 1 aliphatic rings. The molecular formula is C12H22N2O4. The second-order valence-electron chi connectivity index (χ2n) is 5.53. The van der Waals surface area contributed by atoms with Crippen LogP contribution in [0, 0.1) is 11.3 Å². The molecule has 0 aromatic rings. The van der Waals surface area contributed by atoms with Crippen molar-refractivity contribution in [3.8, 4) is 0 Å². The highest BCUT2D eigenvalue weighted by Gasteiger charge is 2.45. The van der Waals surface area contributed by atoms with Crippen molar-refractivity contribution in [1.82, 2.24) is 5.32 Å². The second kappa shape index (κ2) is 5.67. The largest absolute Gasteiger partial charge is 0.480 e. The van der Waals surface area contributed by atoms with Crippen LogP contribution in [-0.2, 0) is 14.3 Å². The number of aliphatic carboxylic acids is 1. The topological polar surface area (TPSA) is 102 Å². The average Bonchev–Trinajstić information content (AvgIpc) is 2.58. The van der Waals surface area contributed by atoms with E-state index in [1.807, 2.05) is 13.8 Å². The molecule has 6 nitrogen and oxygen atoms in total. The Kier molecular flexibility index (Phi) is 4.70. The van der Waals surface area contributed by atoms with E-state index in [2.05, 4.69) is 5.32 Å². The van der Waals surface area contributed by atoms with Gasteiger partial charge in [-0.25, -0.2) is 4.79 Å². The van der Waals surface area contributed by atoms with Gasteiger partial charge in [0.05, 0.1) is 18.6 Å². The molecule has 1 fully saturated rings. The van der Waals surface area contributed by atoms with E-state index >= 15 is 0 Å². The van der Waals surface area contributed by atoms with Crippen LogP contribution in [0.3, 0.4) is 0 Å². The van der Waals surface area contributed by atoms with E-state index in [9.17, 15) is 9.59 Å². The van der Waals surface area contributed by atoms with Gasteiger partial charge in [0.1, 0.15) is 6.04 Å². The Morgan fingerprint density at radius 1 is 1.56 bits per heavy atom. The van der Waals surface area contributed by atoms with Crippen LogP contribution >= 0.6 is 0 Å². The lowest BCUT2D eigenvalue weighted by molar-refractivity contribution is -0.144. The molecule has 104 valence electrons. The first-order valence-corrected chi connectivity index (χ1v) is 6.14. The van der Waals surface area contributed by atoms with E-state index < -0.39 is 23.5 Å². The van der Waals surface area contributed by atoms with Crippen LogP contribution in [0.25, 0.3) is 0 Å². The fraction of sp³-hybridized carbons (Fsp3) is 0.833. The molecule has 2 unspecified atom stereocenters. The summed E-state index contributed by atoms with van der Waals surface area (Å²) >= 11 is 0. The molecule has 0 aromatic heterocycles. The fourth-order valence-electron chi connectivity index (χ4n) is 1.94. The van der Waals surface area contributed by atoms with Gasteiger partial charge in [0.25, 0.3) is 0 Å². The highest BCUT2D eigenvalue weighted by atomic mass is 16.5. The van der Waals surface area contributed by atoms with Crippen molar-refractivity contribution in [2.75, 3.05) is 13.2 Å². The first-order valence-electron chi connectivity index (χ1n) is 6.14. The van der Waals surface area contributed by atoms with Crippen molar-refractivity contribution < 1.29 is 19.4 Å². The van der Waals surface area contributed by atoms with E-state index in [0.717, 1.165) is 0 Å². The predicted octanol–water partition coefficient (Wildman–Crippen LogP) is -0.0343. The molecule has 6 heteroatoms. The highest BCUT2D eigenvalue weighted by molar-refractivity contribution is 5.88. The second-order valence-corrected chi connectivity index (χ2v) is 5.53. The van der Waals surface area contributed by atoms with Crippen molar-refractivity contribution in [3.63, 3.8) is 0 Å². The van der Waals surface area contributed by atoms with Gasteiger partial charge in [0.15, 0.2) is 0 Å². The van der Waals surface area contributed by atoms with Crippen LogP contribution in [0.2, 0.25) is 0 Å². The number of carbonyl (C=O) groups excluding carboxylic acids is 1. The highest BCUT2D eigenvalue weighted by Crippen LogP contribution is 2.27. The maximum Gasteiger partial charge on any atom is 0.326 e. The SMILES string of the molecule is CC(C)C[C@H](NC(=O)C1(C)COCC1N)C(=O)O. The Bertz CT molecular complexity index is 332. The normalized spacial score (nSPS) is 29.3. The zero-order valence-corrected chi connectivity index (χ0v) is 11.1. The number of hydrogen-bond donors (Lipinski definition) is 3. The van der Waals surface area contributed by atoms with Crippen LogP contribution in [0.1, 0.15) is 27.2 Å². The summed E-state index contributed by atoms with van der Waals surface area (Å²) in [6, 6.07) is -1.27. The van der Waals surface area contributed by atoms with Crippen LogP contribution in [0.5, 0.6) is 0 Å². The number of carbonyl (C=O) groups is 2. The van der Waals surface area contributed by atoms with E-state index in [4.69, 9.17) is 15.6 Å². The molecule has 0 aromatic carbocycles. The number of rotatable bonds is 5. The third kappa shape index (κ3) is 3.20. The van der Waals surface area contributed by atoms with Gasteiger partial charge < -0.3 is 20.9 Å². The zero-order valence-electron chi connectivity index (χ0n) is 11.1. The monoisotopic (exact) mass is 258 g/mol. The van der Waals surface area contributed by atoms with Crippen LogP contribution in [-0.4, -0.2) is 42.3 Å². The minimum atomic E-state index is -1.02. The molecule has 3 atom stereocenters. The van der Waals surface area contributed by atoms with Crippen molar-refractivity contribution in [2.45, 2.75) is 39.3 Å². The van der Waals surface area contributed by atoms with Gasteiger partial charge in [-0.2, -0.15) is 0 Å². The Morgan fingerprint density at radius 2 is 2.17 bits per heavy atom. The molecule has 1 heterocycles. The number of carboxylic acid groups (broad SMARTS) is 1. The summed E-state index contributed by atoms with van der Waals surface area (Å²) in [5.41, 5.74) is 4.99. The van der Waals surface area contributed by atoms with Crippen LogP contribution in [0.4, 0.5) is 0 Å². The van der Waals surface area contributed by atoms with Gasteiger partial charge in [0.2, 0.25) is 5.91 Å². The summed E-state index contributed by atoms with van der Waals surface area (Å²) in [5.74, 6) is -1.18. The van der Waals surface area contributed by atoms with Crippen LogP contribution < -0.4 is 11.1 Å². The third-order valence-electron chi connectivity index (χ3n) is 3.35. The zero-order chi connectivity index (χ0) is 13.9. The lowest BCUT2D eigenvalue weighted by atomic mass is 9.84. The molecule has 1 rings (SSSR count). The minimum absolute atomic E-state index is 0.188. The quantitative estimate of drug-likeness (QED) is 0.642. The van der Waals surface area contributed by atoms with Gasteiger partial charge in [0, 0.05) is 6.04 Å². The van der Waals surface area contributed by atoms with Gasteiger partial charge >= 0.3 is 5.97 Å². The number of nitrogens with one attached hydrogen (secondary N) is 1. The molecule has 0 bridgehead atoms. The molecule has 18 heavy (non-hydrogen) atoms. The number of nitrogens with two attached hydrogens (primary N) is 1. The van der Waals surface area contributed by atoms with Crippen LogP contribution in [0.15, 0.2) is 0 Å². The number of hydrogen-bond acceptors (Lipinski definition) is 4. The first kappa shape index (κ1) is 14.9. The molecule has 0 saturated carbocycles. The maximum absolute atomic E-state index is 12.1. The summed E-state index contributed by atoms with van der Waals surface area (Å²) in [5, 5.41) is 11.6. The molecule has 0 spiro atoms. The molecular weight excluding hydrogens is 236 g/mol. The van der Waals surface area contributed by atoms with Crippen molar-refractivity contribution in [3.05, 3.63) is 0 Å². The molecule has 0 aliphatic carbocycles. The van der Waals surface area contributed by atoms with Crippen molar-refractivity contribution >= 4 is 11.9 Å². The standard InChI is InChI=1S/C12H22N2O4/c1-7(2)4-8(10(15)16)14-11(17)12(3)6-18-5-9(12)13/h7-9H,4-6,13H2,1-3H3,(H,14,17)(H,15,16)/t8-,9?,12?/m0/s1. The number of carboxylic acids is 1. The molecule has 4 N–H and O–H groups in total. The molecule has 1 saturated heterocycles. The van der Waals surface area contributed by atoms with Crippen molar-refractivity contribution in [1.29, 1.82) is 0 Å². The first-order chi connectivity index (χ1) is 8.27. The maximum atomic E-state index is 12.1. The Hall–Kier alpha value is -1.14. The van der Waals surface area contributed by atoms with Gasteiger partial charge in [-0.3, -0.25) is 4.79 Å². The van der Waals surface area contributed by atoms with Gasteiger partial charge in [-0.05, 0) is 19.3 Å². The summed E-state index contributed by atoms with van der Waals surface area (Å²) in [6.45, 7) is 6.08. The summed E-state index contributed by atoms with van der Waals surface area (Å²) in [4.78, 5) is 23.2. The lowest BCUT2D eigenvalue weighted by Crippen LogP contribution is -2.54. The van der Waals surface area contributed by atoms with Gasteiger partial charge in [-0.1, -0.05) is 13.8 Å². The van der Waals surface area contributed by atoms with E-state index in [-0.39, 0.29) is 18.4 Å². The summed E-state index contributed by atoms with van der Waals surface area (Å²) < 4.78 is 5.18. The van der Waals surface area contributed by atoms with E-state index in [1.165, 1.54) is 0 Å².